The lowest BCUT2D eigenvalue weighted by atomic mass is 9.93. The Morgan fingerprint density at radius 2 is 2.14 bits per heavy atom. The highest BCUT2D eigenvalue weighted by molar-refractivity contribution is 5.92. The third-order valence-electron chi connectivity index (χ3n) is 5.08. The number of aromatic amines is 1. The average Bonchev–Trinajstić information content (AvgIpc) is 3.14. The van der Waals surface area contributed by atoms with Crippen LogP contribution in [0.15, 0.2) is 30.5 Å². The molecule has 1 saturated heterocycles. The number of benzene rings is 1. The fourth-order valence-electron chi connectivity index (χ4n) is 3.29. The maximum atomic E-state index is 13.0. The Bertz CT molecular complexity index is 871. The first kappa shape index (κ1) is 20.8. The summed E-state index contributed by atoms with van der Waals surface area (Å²) in [6.07, 6.45) is -0.496. The molecule has 0 saturated carbocycles. The van der Waals surface area contributed by atoms with Gasteiger partial charge in [0.05, 0.1) is 11.8 Å². The molecule has 2 amide bonds. The number of aromatic nitrogens is 2. The maximum Gasteiger partial charge on any atom is 0.269 e. The molecule has 0 radical (unpaired) electrons. The van der Waals surface area contributed by atoms with Crippen LogP contribution in [0.5, 0.6) is 5.75 Å². The van der Waals surface area contributed by atoms with Crippen molar-refractivity contribution in [2.45, 2.75) is 32.7 Å². The Kier molecular flexibility index (Phi) is 6.46. The molecule has 1 aliphatic heterocycles. The number of H-pyrrole nitrogens is 1. The zero-order valence-electron chi connectivity index (χ0n) is 16.3. The number of hydrogen-bond donors (Lipinski definition) is 2. The monoisotopic (exact) mass is 406 g/mol. The molecule has 1 aliphatic rings. The second kappa shape index (κ2) is 9.02. The van der Waals surface area contributed by atoms with Crippen LogP contribution in [0.4, 0.5) is 8.78 Å². The lowest BCUT2D eigenvalue weighted by Crippen LogP contribution is -2.54. The third kappa shape index (κ3) is 5.10. The van der Waals surface area contributed by atoms with Gasteiger partial charge >= 0.3 is 0 Å². The number of aryl methyl sites for hydroxylation is 1. The molecule has 2 unspecified atom stereocenters. The lowest BCUT2D eigenvalue weighted by Gasteiger charge is -2.37. The topological polar surface area (TPSA) is 87.3 Å². The fourth-order valence-corrected chi connectivity index (χ4v) is 3.29. The van der Waals surface area contributed by atoms with Crippen molar-refractivity contribution < 1.29 is 23.1 Å². The summed E-state index contributed by atoms with van der Waals surface area (Å²) in [5.74, 6) is 0.245. The van der Waals surface area contributed by atoms with Gasteiger partial charge < -0.3 is 19.9 Å². The molecule has 0 spiro atoms. The van der Waals surface area contributed by atoms with Crippen molar-refractivity contribution in [3.05, 3.63) is 47.5 Å². The van der Waals surface area contributed by atoms with E-state index >= 15 is 0 Å². The number of para-hydroxylation sites is 1. The number of likely N-dealkylation sites (tertiary alicyclic amines) is 1. The highest BCUT2D eigenvalue weighted by Gasteiger charge is 2.30. The van der Waals surface area contributed by atoms with E-state index in [1.54, 1.807) is 17.9 Å². The maximum absolute atomic E-state index is 13.0. The van der Waals surface area contributed by atoms with Crippen molar-refractivity contribution in [2.24, 2.45) is 5.92 Å². The number of imidazole rings is 1. The van der Waals surface area contributed by atoms with Crippen molar-refractivity contribution in [3.63, 3.8) is 0 Å². The molecule has 1 aromatic carbocycles. The van der Waals surface area contributed by atoms with E-state index < -0.39 is 6.43 Å². The van der Waals surface area contributed by atoms with Crippen molar-refractivity contribution in [3.8, 4) is 5.75 Å². The van der Waals surface area contributed by atoms with Crippen LogP contribution in [0.2, 0.25) is 0 Å². The quantitative estimate of drug-likeness (QED) is 0.772. The summed E-state index contributed by atoms with van der Waals surface area (Å²) in [6.45, 7) is 4.29. The van der Waals surface area contributed by atoms with Crippen LogP contribution in [0.3, 0.4) is 0 Å². The summed E-state index contributed by atoms with van der Waals surface area (Å²) < 4.78 is 31.4. The first-order valence-electron chi connectivity index (χ1n) is 9.45. The number of amides is 2. The van der Waals surface area contributed by atoms with Crippen molar-refractivity contribution >= 4 is 11.8 Å². The van der Waals surface area contributed by atoms with Gasteiger partial charge in [-0.05, 0) is 31.4 Å². The van der Waals surface area contributed by atoms with Gasteiger partial charge in [-0.3, -0.25) is 9.59 Å². The number of ether oxygens (including phenoxy) is 1. The number of carbonyl (C=O) groups excluding carboxylic acids is 2. The van der Waals surface area contributed by atoms with Crippen molar-refractivity contribution in [1.29, 1.82) is 0 Å². The van der Waals surface area contributed by atoms with Crippen LogP contribution in [0, 0.1) is 12.8 Å². The number of nitrogens with zero attached hydrogens (tertiary/aromatic N) is 2. The zero-order valence-corrected chi connectivity index (χ0v) is 16.3. The van der Waals surface area contributed by atoms with E-state index in [1.807, 2.05) is 6.92 Å². The first-order valence-corrected chi connectivity index (χ1v) is 9.45. The summed E-state index contributed by atoms with van der Waals surface area (Å²) in [4.78, 5) is 33.4. The largest absolute Gasteiger partial charge is 0.483 e. The minimum atomic E-state index is -2.68. The molecule has 1 aromatic heterocycles. The molecule has 1 fully saturated rings. The predicted octanol–water partition coefficient (Wildman–Crippen LogP) is 2.70. The summed E-state index contributed by atoms with van der Waals surface area (Å²) in [5, 5.41) is 2.94. The Hall–Kier alpha value is -2.97. The van der Waals surface area contributed by atoms with Crippen LogP contribution < -0.4 is 10.1 Å². The Balaban J connectivity index is 1.58. The van der Waals surface area contributed by atoms with Crippen molar-refractivity contribution in [2.75, 3.05) is 19.7 Å². The van der Waals surface area contributed by atoms with Crippen LogP contribution >= 0.6 is 0 Å². The van der Waals surface area contributed by atoms with Crippen molar-refractivity contribution in [1.82, 2.24) is 20.2 Å². The van der Waals surface area contributed by atoms with Gasteiger partial charge in [0.2, 0.25) is 0 Å². The second-order valence-electron chi connectivity index (χ2n) is 7.20. The zero-order chi connectivity index (χ0) is 21.0. The minimum Gasteiger partial charge on any atom is -0.483 e. The van der Waals surface area contributed by atoms with Gasteiger partial charge in [0, 0.05) is 19.1 Å². The number of carbonyl (C=O) groups is 2. The SMILES string of the molecule is Cc1ncc(C(=O)NC2CN(C(=O)COc3ccccc3C(F)F)CCC2C)[nH]1. The fraction of sp³-hybridized carbons (Fsp3) is 0.450. The summed E-state index contributed by atoms with van der Waals surface area (Å²) in [6, 6.07) is 5.54. The highest BCUT2D eigenvalue weighted by atomic mass is 19.3. The van der Waals surface area contributed by atoms with E-state index in [-0.39, 0.29) is 41.7 Å². The molecule has 0 bridgehead atoms. The summed E-state index contributed by atoms with van der Waals surface area (Å²) >= 11 is 0. The molecule has 2 heterocycles. The van der Waals surface area contributed by atoms with E-state index in [0.717, 1.165) is 0 Å². The Labute approximate surface area is 167 Å². The molecule has 7 nitrogen and oxygen atoms in total. The summed E-state index contributed by atoms with van der Waals surface area (Å²) in [7, 11) is 0. The molecular weight excluding hydrogens is 382 g/mol. The van der Waals surface area contributed by atoms with Gasteiger partial charge in [-0.2, -0.15) is 0 Å². The summed E-state index contributed by atoms with van der Waals surface area (Å²) in [5.41, 5.74) is 0.123. The smallest absolute Gasteiger partial charge is 0.269 e. The van der Waals surface area contributed by atoms with Gasteiger partial charge in [-0.1, -0.05) is 19.1 Å². The van der Waals surface area contributed by atoms with E-state index in [4.69, 9.17) is 4.74 Å². The van der Waals surface area contributed by atoms with Gasteiger partial charge in [0.15, 0.2) is 6.61 Å². The van der Waals surface area contributed by atoms with Crippen LogP contribution in [0.25, 0.3) is 0 Å². The average molecular weight is 406 g/mol. The number of rotatable bonds is 6. The Morgan fingerprint density at radius 3 is 2.83 bits per heavy atom. The second-order valence-corrected chi connectivity index (χ2v) is 7.20. The molecule has 0 aliphatic carbocycles. The standard InChI is InChI=1S/C20H24F2N4O3/c1-12-7-8-26(10-16(12)25-20(28)15-9-23-13(2)24-15)18(27)11-29-17-6-4-3-5-14(17)19(21)22/h3-6,9,12,16,19H,7-8,10-11H2,1-2H3,(H,23,24)(H,25,28). The molecule has 9 heteroatoms. The van der Waals surface area contributed by atoms with Crippen LogP contribution in [-0.2, 0) is 4.79 Å². The third-order valence-corrected chi connectivity index (χ3v) is 5.08. The van der Waals surface area contributed by atoms with Gasteiger partial charge in [-0.25, -0.2) is 13.8 Å². The molecule has 2 N–H and O–H groups in total. The number of halogens is 2. The van der Waals surface area contributed by atoms with Gasteiger partial charge in [0.25, 0.3) is 18.2 Å². The van der Waals surface area contributed by atoms with Gasteiger partial charge in [-0.15, -0.1) is 0 Å². The predicted molar refractivity (Wildman–Crippen MR) is 102 cm³/mol. The molecular formula is C20H24F2N4O3. The molecule has 3 rings (SSSR count). The number of nitrogens with one attached hydrogen (secondary N) is 2. The number of piperidine rings is 1. The molecule has 156 valence electrons. The molecule has 29 heavy (non-hydrogen) atoms. The minimum absolute atomic E-state index is 0.000644. The van der Waals surface area contributed by atoms with Crippen LogP contribution in [0.1, 0.15) is 41.6 Å². The van der Waals surface area contributed by atoms with Crippen LogP contribution in [-0.4, -0.2) is 52.4 Å². The lowest BCUT2D eigenvalue weighted by molar-refractivity contribution is -0.135. The Morgan fingerprint density at radius 1 is 1.38 bits per heavy atom. The first-order chi connectivity index (χ1) is 13.8. The number of alkyl halides is 2. The van der Waals surface area contributed by atoms with E-state index in [0.29, 0.717) is 31.0 Å². The highest BCUT2D eigenvalue weighted by Crippen LogP contribution is 2.28. The van der Waals surface area contributed by atoms with E-state index in [9.17, 15) is 18.4 Å². The number of hydrogen-bond acceptors (Lipinski definition) is 4. The van der Waals surface area contributed by atoms with E-state index in [2.05, 4.69) is 15.3 Å². The molecule has 2 aromatic rings. The van der Waals surface area contributed by atoms with Gasteiger partial charge in [0.1, 0.15) is 17.3 Å². The molecule has 2 atom stereocenters. The van der Waals surface area contributed by atoms with E-state index in [1.165, 1.54) is 24.4 Å². The normalized spacial score (nSPS) is 19.3.